The molecule has 0 unspecified atom stereocenters. The minimum absolute atomic E-state index is 0.156. The molecule has 16 heavy (non-hydrogen) atoms. The zero-order valence-corrected chi connectivity index (χ0v) is 8.29. The van der Waals surface area contributed by atoms with Crippen molar-refractivity contribution in [2.45, 2.75) is 0 Å². The summed E-state index contributed by atoms with van der Waals surface area (Å²) in [5.74, 6) is 0. The maximum absolute atomic E-state index is 11.8. The molecular weight excluding hydrogens is 204 g/mol. The minimum atomic E-state index is -0.156. The number of H-pyrrole nitrogens is 1. The quantitative estimate of drug-likeness (QED) is 0.657. The summed E-state index contributed by atoms with van der Waals surface area (Å²) in [5.41, 5.74) is 1.24. The van der Waals surface area contributed by atoms with Crippen molar-refractivity contribution in [2.24, 2.45) is 0 Å². The van der Waals surface area contributed by atoms with Crippen LogP contribution in [0.5, 0.6) is 0 Å². The Morgan fingerprint density at radius 1 is 1.25 bits per heavy atom. The summed E-state index contributed by atoms with van der Waals surface area (Å²) in [6, 6.07) is 7.30. The van der Waals surface area contributed by atoms with Gasteiger partial charge in [0.1, 0.15) is 0 Å². The standard InChI is InChI=1S/C11H8N4O/c16-11-10-8(12-7-13-11)3-1-4-9(10)15-6-2-5-14-15/h1-7H,(H,12,13,16). The molecule has 0 saturated heterocycles. The molecule has 2 heterocycles. The molecule has 0 aliphatic rings. The highest BCUT2D eigenvalue weighted by molar-refractivity contribution is 5.85. The summed E-state index contributed by atoms with van der Waals surface area (Å²) in [6.45, 7) is 0. The maximum atomic E-state index is 11.8. The van der Waals surface area contributed by atoms with Gasteiger partial charge in [0, 0.05) is 12.4 Å². The molecule has 5 heteroatoms. The van der Waals surface area contributed by atoms with E-state index in [0.29, 0.717) is 10.9 Å². The Kier molecular flexibility index (Phi) is 1.83. The fraction of sp³-hybridized carbons (Fsp3) is 0. The summed E-state index contributed by atoms with van der Waals surface area (Å²) in [6.07, 6.45) is 4.86. The van der Waals surface area contributed by atoms with Gasteiger partial charge in [-0.2, -0.15) is 5.10 Å². The second-order valence-corrected chi connectivity index (χ2v) is 3.35. The van der Waals surface area contributed by atoms with Crippen LogP contribution >= 0.6 is 0 Å². The fourth-order valence-corrected chi connectivity index (χ4v) is 1.70. The van der Waals surface area contributed by atoms with Crippen molar-refractivity contribution >= 4 is 10.9 Å². The number of nitrogens with one attached hydrogen (secondary N) is 1. The first kappa shape index (κ1) is 8.84. The van der Waals surface area contributed by atoms with Gasteiger partial charge in [-0.25, -0.2) is 9.67 Å². The van der Waals surface area contributed by atoms with Gasteiger partial charge in [0.05, 0.1) is 22.9 Å². The van der Waals surface area contributed by atoms with Crippen molar-refractivity contribution in [3.63, 3.8) is 0 Å². The average Bonchev–Trinajstić information content (AvgIpc) is 2.82. The maximum Gasteiger partial charge on any atom is 0.260 e. The number of rotatable bonds is 1. The van der Waals surface area contributed by atoms with Crippen molar-refractivity contribution in [1.82, 2.24) is 19.7 Å². The summed E-state index contributed by atoms with van der Waals surface area (Å²) in [5, 5.41) is 4.66. The number of hydrogen-bond donors (Lipinski definition) is 1. The molecule has 0 radical (unpaired) electrons. The molecule has 3 aromatic rings. The van der Waals surface area contributed by atoms with Gasteiger partial charge in [0.15, 0.2) is 0 Å². The molecule has 1 N–H and O–H groups in total. The Morgan fingerprint density at radius 3 is 3.00 bits per heavy atom. The molecule has 0 aliphatic carbocycles. The Bertz CT molecular complexity index is 679. The lowest BCUT2D eigenvalue weighted by Crippen LogP contribution is -2.10. The lowest BCUT2D eigenvalue weighted by molar-refractivity contribution is 0.885. The molecule has 0 saturated carbocycles. The average molecular weight is 212 g/mol. The van der Waals surface area contributed by atoms with Crippen LogP contribution in [0, 0.1) is 0 Å². The first-order valence-corrected chi connectivity index (χ1v) is 4.83. The van der Waals surface area contributed by atoms with E-state index in [1.165, 1.54) is 6.33 Å². The smallest absolute Gasteiger partial charge is 0.260 e. The monoisotopic (exact) mass is 212 g/mol. The van der Waals surface area contributed by atoms with Crippen molar-refractivity contribution < 1.29 is 0 Å². The Hall–Kier alpha value is -2.43. The van der Waals surface area contributed by atoms with E-state index < -0.39 is 0 Å². The molecule has 78 valence electrons. The molecule has 0 aliphatic heterocycles. The van der Waals surface area contributed by atoms with Crippen LogP contribution in [0.3, 0.4) is 0 Å². The molecule has 0 atom stereocenters. The summed E-state index contributed by atoms with van der Waals surface area (Å²) in [7, 11) is 0. The van der Waals surface area contributed by atoms with Crippen molar-refractivity contribution in [1.29, 1.82) is 0 Å². The highest BCUT2D eigenvalue weighted by Crippen LogP contribution is 2.15. The van der Waals surface area contributed by atoms with Gasteiger partial charge in [-0.1, -0.05) is 6.07 Å². The second kappa shape index (κ2) is 3.30. The van der Waals surface area contributed by atoms with Gasteiger partial charge >= 0.3 is 0 Å². The lowest BCUT2D eigenvalue weighted by Gasteiger charge is -2.04. The number of fused-ring (bicyclic) bond motifs is 1. The normalized spacial score (nSPS) is 10.8. The predicted octanol–water partition coefficient (Wildman–Crippen LogP) is 1.11. The molecule has 1 aromatic carbocycles. The summed E-state index contributed by atoms with van der Waals surface area (Å²) >= 11 is 0. The van der Waals surface area contributed by atoms with E-state index in [4.69, 9.17) is 0 Å². The Morgan fingerprint density at radius 2 is 2.19 bits per heavy atom. The van der Waals surface area contributed by atoms with Crippen LogP contribution in [0.15, 0.2) is 47.8 Å². The largest absolute Gasteiger partial charge is 0.313 e. The van der Waals surface area contributed by atoms with Crippen molar-refractivity contribution in [3.05, 3.63) is 53.3 Å². The van der Waals surface area contributed by atoms with Gasteiger partial charge in [0.2, 0.25) is 0 Å². The number of benzene rings is 1. The SMILES string of the molecule is O=c1[nH]cnc2cccc(-n3cccn3)c12. The third kappa shape index (κ3) is 1.22. The van der Waals surface area contributed by atoms with Crippen LogP contribution in [-0.2, 0) is 0 Å². The summed E-state index contributed by atoms with van der Waals surface area (Å²) in [4.78, 5) is 18.4. The van der Waals surface area contributed by atoms with E-state index in [1.807, 2.05) is 18.2 Å². The molecule has 5 nitrogen and oxygen atoms in total. The van der Waals surface area contributed by atoms with Crippen LogP contribution < -0.4 is 5.56 Å². The number of aromatic nitrogens is 4. The fourth-order valence-electron chi connectivity index (χ4n) is 1.70. The van der Waals surface area contributed by atoms with Gasteiger partial charge in [-0.3, -0.25) is 4.79 Å². The minimum Gasteiger partial charge on any atom is -0.313 e. The second-order valence-electron chi connectivity index (χ2n) is 3.35. The highest BCUT2D eigenvalue weighted by atomic mass is 16.1. The third-order valence-electron chi connectivity index (χ3n) is 2.40. The molecule has 2 aromatic heterocycles. The Labute approximate surface area is 90.4 Å². The van der Waals surface area contributed by atoms with Crippen molar-refractivity contribution in [2.75, 3.05) is 0 Å². The van der Waals surface area contributed by atoms with Crippen molar-refractivity contribution in [3.8, 4) is 5.69 Å². The number of hydrogen-bond acceptors (Lipinski definition) is 3. The van der Waals surface area contributed by atoms with Crippen LogP contribution in [0.25, 0.3) is 16.6 Å². The first-order valence-electron chi connectivity index (χ1n) is 4.83. The van der Waals surface area contributed by atoms with Crippen LogP contribution in [0.1, 0.15) is 0 Å². The molecule has 0 amide bonds. The van der Waals surface area contributed by atoms with Crippen LogP contribution in [0.4, 0.5) is 0 Å². The van der Waals surface area contributed by atoms with E-state index >= 15 is 0 Å². The molecule has 3 rings (SSSR count). The van der Waals surface area contributed by atoms with Gasteiger partial charge < -0.3 is 4.98 Å². The number of aromatic amines is 1. The molecule has 0 spiro atoms. The van der Waals surface area contributed by atoms with E-state index in [0.717, 1.165) is 5.69 Å². The molecular formula is C11H8N4O. The first-order chi connectivity index (χ1) is 7.86. The van der Waals surface area contributed by atoms with E-state index in [2.05, 4.69) is 15.1 Å². The number of nitrogens with zero attached hydrogens (tertiary/aromatic N) is 3. The topological polar surface area (TPSA) is 63.6 Å². The summed E-state index contributed by atoms with van der Waals surface area (Å²) < 4.78 is 1.65. The predicted molar refractivity (Wildman–Crippen MR) is 59.5 cm³/mol. The van der Waals surface area contributed by atoms with Gasteiger partial charge in [-0.05, 0) is 18.2 Å². The van der Waals surface area contributed by atoms with Gasteiger partial charge in [-0.15, -0.1) is 0 Å². The molecule has 0 bridgehead atoms. The van der Waals surface area contributed by atoms with E-state index in [9.17, 15) is 4.79 Å². The van der Waals surface area contributed by atoms with E-state index in [-0.39, 0.29) is 5.56 Å². The van der Waals surface area contributed by atoms with Gasteiger partial charge in [0.25, 0.3) is 5.56 Å². The van der Waals surface area contributed by atoms with E-state index in [1.54, 1.807) is 23.1 Å². The molecule has 0 fully saturated rings. The zero-order chi connectivity index (χ0) is 11.0. The lowest BCUT2D eigenvalue weighted by atomic mass is 10.2. The zero-order valence-electron chi connectivity index (χ0n) is 8.29. The van der Waals surface area contributed by atoms with Crippen LogP contribution in [-0.4, -0.2) is 19.7 Å². The highest BCUT2D eigenvalue weighted by Gasteiger charge is 2.06. The third-order valence-corrected chi connectivity index (χ3v) is 2.40. The Balaban J connectivity index is 2.46. The van der Waals surface area contributed by atoms with Crippen LogP contribution in [0.2, 0.25) is 0 Å².